The van der Waals surface area contributed by atoms with Gasteiger partial charge in [-0.15, -0.1) is 0 Å². The molecule has 110 valence electrons. The number of nitrogens with zero attached hydrogens (tertiary/aromatic N) is 1. The number of amides is 1. The molecule has 0 unspecified atom stereocenters. The first kappa shape index (κ1) is 16.2. The molecule has 1 aromatic carbocycles. The number of carboxylic acids is 1. The zero-order valence-electron chi connectivity index (χ0n) is 12.4. The maximum Gasteiger partial charge on any atom is 0.326 e. The fourth-order valence-electron chi connectivity index (χ4n) is 1.91. The Kier molecular flexibility index (Phi) is 5.70. The van der Waals surface area contributed by atoms with Crippen molar-refractivity contribution in [3.63, 3.8) is 0 Å². The lowest BCUT2D eigenvalue weighted by atomic mass is 10.0. The summed E-state index contributed by atoms with van der Waals surface area (Å²) in [7, 11) is 3.90. The second-order valence-corrected chi connectivity index (χ2v) is 5.47. The van der Waals surface area contributed by atoms with Gasteiger partial charge in [-0.3, -0.25) is 4.79 Å². The number of hydrogen-bond donors (Lipinski definition) is 2. The van der Waals surface area contributed by atoms with Crippen LogP contribution in [0.15, 0.2) is 24.3 Å². The predicted octanol–water partition coefficient (Wildman–Crippen LogP) is 1.59. The Morgan fingerprint density at radius 1 is 1.30 bits per heavy atom. The third kappa shape index (κ3) is 4.66. The average Bonchev–Trinajstić information content (AvgIpc) is 2.34. The molecule has 0 aliphatic carbocycles. The van der Waals surface area contributed by atoms with E-state index in [1.54, 1.807) is 32.0 Å². The van der Waals surface area contributed by atoms with Crippen LogP contribution in [0.25, 0.3) is 0 Å². The van der Waals surface area contributed by atoms with E-state index in [9.17, 15) is 9.59 Å². The van der Waals surface area contributed by atoms with E-state index in [0.717, 1.165) is 12.1 Å². The number of rotatable bonds is 6. The van der Waals surface area contributed by atoms with Crippen LogP contribution in [0.4, 0.5) is 0 Å². The van der Waals surface area contributed by atoms with Gasteiger partial charge in [0.15, 0.2) is 0 Å². The number of carbonyl (C=O) groups excluding carboxylic acids is 1. The Balaban J connectivity index is 2.84. The van der Waals surface area contributed by atoms with Crippen molar-refractivity contribution in [3.05, 3.63) is 35.4 Å². The van der Waals surface area contributed by atoms with Crippen LogP contribution in [0, 0.1) is 5.92 Å². The minimum Gasteiger partial charge on any atom is -0.480 e. The van der Waals surface area contributed by atoms with Gasteiger partial charge in [0.1, 0.15) is 6.04 Å². The second kappa shape index (κ2) is 7.05. The van der Waals surface area contributed by atoms with E-state index in [1.165, 1.54) is 0 Å². The summed E-state index contributed by atoms with van der Waals surface area (Å²) in [6.45, 7) is 4.26. The summed E-state index contributed by atoms with van der Waals surface area (Å²) in [4.78, 5) is 25.2. The molecule has 0 bridgehead atoms. The fraction of sp³-hybridized carbons (Fsp3) is 0.467. The Morgan fingerprint density at radius 3 is 2.45 bits per heavy atom. The summed E-state index contributed by atoms with van der Waals surface area (Å²) in [6, 6.07) is 6.34. The molecule has 0 spiro atoms. The lowest BCUT2D eigenvalue weighted by molar-refractivity contribution is -0.140. The van der Waals surface area contributed by atoms with Crippen molar-refractivity contribution in [2.75, 3.05) is 14.1 Å². The number of carbonyl (C=O) groups is 2. The summed E-state index contributed by atoms with van der Waals surface area (Å²) in [5, 5.41) is 11.7. The van der Waals surface area contributed by atoms with E-state index in [1.807, 2.05) is 25.1 Å². The van der Waals surface area contributed by atoms with Crippen LogP contribution in [-0.2, 0) is 11.3 Å². The van der Waals surface area contributed by atoms with Gasteiger partial charge >= 0.3 is 5.97 Å². The number of hydrogen-bond acceptors (Lipinski definition) is 3. The number of aliphatic carboxylic acids is 1. The van der Waals surface area contributed by atoms with Gasteiger partial charge in [0.05, 0.1) is 0 Å². The van der Waals surface area contributed by atoms with Gasteiger partial charge in [-0.25, -0.2) is 4.79 Å². The highest BCUT2D eigenvalue weighted by molar-refractivity contribution is 5.96. The van der Waals surface area contributed by atoms with E-state index in [2.05, 4.69) is 5.32 Å². The van der Waals surface area contributed by atoms with Crippen molar-refractivity contribution in [2.45, 2.75) is 26.4 Å². The normalized spacial score (nSPS) is 12.5. The highest BCUT2D eigenvalue weighted by Crippen LogP contribution is 2.09. The Labute approximate surface area is 119 Å². The summed E-state index contributed by atoms with van der Waals surface area (Å²) >= 11 is 0. The minimum atomic E-state index is -1.02. The molecule has 5 heteroatoms. The van der Waals surface area contributed by atoms with Crippen molar-refractivity contribution in [1.82, 2.24) is 10.2 Å². The van der Waals surface area contributed by atoms with Crippen LogP contribution >= 0.6 is 0 Å². The van der Waals surface area contributed by atoms with Crippen LogP contribution in [0.3, 0.4) is 0 Å². The Bertz CT molecular complexity index is 484. The molecular weight excluding hydrogens is 256 g/mol. The molecular formula is C15H22N2O3. The first-order chi connectivity index (χ1) is 9.31. The first-order valence-electron chi connectivity index (χ1n) is 6.58. The van der Waals surface area contributed by atoms with Gasteiger partial charge in [0, 0.05) is 12.1 Å². The van der Waals surface area contributed by atoms with Crippen molar-refractivity contribution < 1.29 is 14.7 Å². The largest absolute Gasteiger partial charge is 0.480 e. The van der Waals surface area contributed by atoms with Crippen molar-refractivity contribution in [2.24, 2.45) is 5.92 Å². The van der Waals surface area contributed by atoms with E-state index in [-0.39, 0.29) is 11.8 Å². The highest BCUT2D eigenvalue weighted by atomic mass is 16.4. The molecule has 0 radical (unpaired) electrons. The zero-order valence-corrected chi connectivity index (χ0v) is 12.4. The Morgan fingerprint density at radius 2 is 1.95 bits per heavy atom. The lowest BCUT2D eigenvalue weighted by Crippen LogP contribution is -2.44. The van der Waals surface area contributed by atoms with Gasteiger partial charge in [0.2, 0.25) is 0 Å². The van der Waals surface area contributed by atoms with E-state index in [0.29, 0.717) is 5.56 Å². The van der Waals surface area contributed by atoms with Crippen LogP contribution in [0.2, 0.25) is 0 Å². The summed E-state index contributed by atoms with van der Waals surface area (Å²) in [5.74, 6) is -1.54. The molecule has 2 N–H and O–H groups in total. The predicted molar refractivity (Wildman–Crippen MR) is 77.6 cm³/mol. The summed E-state index contributed by atoms with van der Waals surface area (Å²) < 4.78 is 0. The highest BCUT2D eigenvalue weighted by Gasteiger charge is 2.23. The quantitative estimate of drug-likeness (QED) is 0.829. The standard InChI is InChI=1S/C15H22N2O3/c1-10(2)13(15(19)20)16-14(18)12-7-5-6-11(8-12)9-17(3)4/h5-8,10,13H,9H2,1-4H3,(H,16,18)(H,19,20)/t13-/m1/s1. The number of carboxylic acid groups (broad SMARTS) is 1. The van der Waals surface area contributed by atoms with Gasteiger partial charge in [-0.2, -0.15) is 0 Å². The maximum absolute atomic E-state index is 12.1. The topological polar surface area (TPSA) is 69.6 Å². The molecule has 1 amide bonds. The van der Waals surface area contributed by atoms with E-state index < -0.39 is 12.0 Å². The molecule has 1 atom stereocenters. The molecule has 0 heterocycles. The molecule has 5 nitrogen and oxygen atoms in total. The minimum absolute atomic E-state index is 0.165. The van der Waals surface area contributed by atoms with Gasteiger partial charge in [-0.05, 0) is 37.7 Å². The van der Waals surface area contributed by atoms with E-state index >= 15 is 0 Å². The molecule has 0 saturated carbocycles. The number of benzene rings is 1. The van der Waals surface area contributed by atoms with Crippen molar-refractivity contribution in [1.29, 1.82) is 0 Å². The van der Waals surface area contributed by atoms with Gasteiger partial charge in [-0.1, -0.05) is 26.0 Å². The molecule has 1 aromatic rings. The van der Waals surface area contributed by atoms with Crippen LogP contribution < -0.4 is 5.32 Å². The third-order valence-corrected chi connectivity index (χ3v) is 2.91. The molecule has 0 aliphatic heterocycles. The molecule has 1 rings (SSSR count). The molecule has 0 aromatic heterocycles. The monoisotopic (exact) mass is 278 g/mol. The van der Waals surface area contributed by atoms with Crippen LogP contribution in [-0.4, -0.2) is 42.0 Å². The zero-order chi connectivity index (χ0) is 15.3. The molecule has 0 saturated heterocycles. The summed E-state index contributed by atoms with van der Waals surface area (Å²) in [5.41, 5.74) is 1.50. The van der Waals surface area contributed by atoms with Crippen molar-refractivity contribution in [3.8, 4) is 0 Å². The lowest BCUT2D eigenvalue weighted by Gasteiger charge is -2.18. The maximum atomic E-state index is 12.1. The van der Waals surface area contributed by atoms with Crippen LogP contribution in [0.1, 0.15) is 29.8 Å². The van der Waals surface area contributed by atoms with Crippen molar-refractivity contribution >= 4 is 11.9 Å². The van der Waals surface area contributed by atoms with Gasteiger partial charge < -0.3 is 15.3 Å². The molecule has 0 fully saturated rings. The molecule has 0 aliphatic rings. The van der Waals surface area contributed by atoms with Crippen LogP contribution in [0.5, 0.6) is 0 Å². The third-order valence-electron chi connectivity index (χ3n) is 2.91. The SMILES string of the molecule is CC(C)[C@@H](NC(=O)c1cccc(CN(C)C)c1)C(=O)O. The average molecular weight is 278 g/mol. The van der Waals surface area contributed by atoms with Gasteiger partial charge in [0.25, 0.3) is 5.91 Å². The Hall–Kier alpha value is -1.88. The first-order valence-corrected chi connectivity index (χ1v) is 6.58. The second-order valence-electron chi connectivity index (χ2n) is 5.47. The van der Waals surface area contributed by atoms with E-state index in [4.69, 9.17) is 5.11 Å². The summed E-state index contributed by atoms with van der Waals surface area (Å²) in [6.07, 6.45) is 0. The molecule has 20 heavy (non-hydrogen) atoms. The number of nitrogens with one attached hydrogen (secondary N) is 1. The smallest absolute Gasteiger partial charge is 0.326 e. The fourth-order valence-corrected chi connectivity index (χ4v) is 1.91.